The van der Waals surface area contributed by atoms with Crippen LogP contribution in [0.1, 0.15) is 19.8 Å². The molecule has 35 heavy (non-hydrogen) atoms. The van der Waals surface area contributed by atoms with Crippen LogP contribution in [0.25, 0.3) is 0 Å². The number of hydrogen-bond acceptors (Lipinski definition) is 5. The predicted octanol–water partition coefficient (Wildman–Crippen LogP) is 4.65. The average molecular weight is 513 g/mol. The first kappa shape index (κ1) is 23.6. The topological polar surface area (TPSA) is 84.0 Å². The van der Waals surface area contributed by atoms with Crippen LogP contribution in [0, 0.1) is 23.7 Å². The summed E-state index contributed by atoms with van der Waals surface area (Å²) in [5.74, 6) is -2.29. The van der Waals surface area contributed by atoms with Crippen LogP contribution in [0.15, 0.2) is 54.6 Å². The number of rotatable bonds is 4. The normalized spacial score (nSPS) is 25.9. The number of imide groups is 1. The molecule has 3 amide bonds. The largest absolute Gasteiger partial charge is 0.426 e. The van der Waals surface area contributed by atoms with Gasteiger partial charge in [0.1, 0.15) is 5.75 Å². The van der Waals surface area contributed by atoms with Crippen LogP contribution >= 0.6 is 23.2 Å². The first-order valence-electron chi connectivity index (χ1n) is 11.4. The van der Waals surface area contributed by atoms with Gasteiger partial charge in [-0.1, -0.05) is 42.3 Å². The second-order valence-electron chi connectivity index (χ2n) is 9.08. The molecule has 2 aromatic carbocycles. The molecule has 3 aliphatic rings. The van der Waals surface area contributed by atoms with Crippen LogP contribution in [0.3, 0.4) is 0 Å². The smallest absolute Gasteiger partial charge is 0.316 e. The summed E-state index contributed by atoms with van der Waals surface area (Å²) in [5, 5.41) is 0.798. The monoisotopic (exact) mass is 512 g/mol. The number of amides is 3. The quantitative estimate of drug-likeness (QED) is 0.257. The number of halogens is 2. The molecular weight excluding hydrogens is 491 g/mol. The molecule has 7 nitrogen and oxygen atoms in total. The summed E-state index contributed by atoms with van der Waals surface area (Å²) in [6.45, 7) is 2.07. The van der Waals surface area contributed by atoms with E-state index >= 15 is 0 Å². The number of carbonyl (C=O) groups excluding carboxylic acids is 4. The van der Waals surface area contributed by atoms with Crippen molar-refractivity contribution in [1.82, 2.24) is 0 Å². The minimum absolute atomic E-state index is 0.00547. The van der Waals surface area contributed by atoms with Gasteiger partial charge in [0.2, 0.25) is 17.7 Å². The van der Waals surface area contributed by atoms with Crippen molar-refractivity contribution < 1.29 is 23.9 Å². The van der Waals surface area contributed by atoms with E-state index in [2.05, 4.69) is 0 Å². The molecule has 9 heteroatoms. The molecule has 0 unspecified atom stereocenters. The van der Waals surface area contributed by atoms with E-state index in [0.717, 1.165) is 0 Å². The van der Waals surface area contributed by atoms with Gasteiger partial charge in [-0.25, -0.2) is 0 Å². The van der Waals surface area contributed by atoms with E-state index in [4.69, 9.17) is 27.9 Å². The lowest BCUT2D eigenvalue weighted by atomic mass is 9.78. The maximum absolute atomic E-state index is 13.0. The summed E-state index contributed by atoms with van der Waals surface area (Å²) < 4.78 is 5.49. The second kappa shape index (κ2) is 9.13. The Morgan fingerprint density at radius 3 is 2.49 bits per heavy atom. The van der Waals surface area contributed by atoms with Crippen molar-refractivity contribution in [2.45, 2.75) is 19.8 Å². The highest BCUT2D eigenvalue weighted by Crippen LogP contribution is 2.41. The van der Waals surface area contributed by atoms with E-state index in [9.17, 15) is 19.2 Å². The van der Waals surface area contributed by atoms with Crippen molar-refractivity contribution in [3.05, 3.63) is 64.7 Å². The van der Waals surface area contributed by atoms with E-state index in [-0.39, 0.29) is 54.2 Å². The Bertz CT molecular complexity index is 1260. The lowest BCUT2D eigenvalue weighted by Crippen LogP contribution is -2.31. The van der Waals surface area contributed by atoms with Gasteiger partial charge in [0, 0.05) is 18.0 Å². The number of benzene rings is 2. The molecule has 2 aliphatic heterocycles. The molecule has 2 saturated heterocycles. The fraction of sp³-hybridized carbons (Fsp3) is 0.308. The number of allylic oxidation sites excluding steroid dienone is 2. The molecule has 2 aromatic rings. The summed E-state index contributed by atoms with van der Waals surface area (Å²) in [6.07, 6.45) is 4.49. The Labute approximate surface area is 212 Å². The van der Waals surface area contributed by atoms with Crippen molar-refractivity contribution in [3.63, 3.8) is 0 Å². The van der Waals surface area contributed by atoms with Crippen LogP contribution < -0.4 is 14.5 Å². The number of nitrogens with zero attached hydrogens (tertiary/aromatic N) is 2. The van der Waals surface area contributed by atoms with Crippen molar-refractivity contribution >= 4 is 58.3 Å². The molecule has 4 atom stereocenters. The fourth-order valence-electron chi connectivity index (χ4n) is 5.06. The average Bonchev–Trinajstić information content (AvgIpc) is 3.34. The molecule has 0 saturated carbocycles. The molecule has 5 rings (SSSR count). The van der Waals surface area contributed by atoms with E-state index in [1.807, 2.05) is 19.1 Å². The number of anilines is 2. The summed E-state index contributed by atoms with van der Waals surface area (Å²) in [7, 11) is 0. The van der Waals surface area contributed by atoms with E-state index in [1.165, 1.54) is 9.80 Å². The van der Waals surface area contributed by atoms with Gasteiger partial charge in [-0.05, 0) is 54.8 Å². The summed E-state index contributed by atoms with van der Waals surface area (Å²) in [6, 6.07) is 11.1. The Morgan fingerprint density at radius 2 is 1.77 bits per heavy atom. The number of fused-ring (bicyclic) bond motifs is 1. The van der Waals surface area contributed by atoms with E-state index < -0.39 is 11.9 Å². The minimum atomic E-state index is -0.670. The van der Waals surface area contributed by atoms with Gasteiger partial charge in [0.25, 0.3) is 0 Å². The number of hydrogen-bond donors (Lipinski definition) is 0. The van der Waals surface area contributed by atoms with Crippen LogP contribution in [0.2, 0.25) is 10.0 Å². The number of carbonyl (C=O) groups is 4. The standard InChI is InChI=1S/C26H22Cl2N2O5/c1-14-3-2-4-19-23(14)25(33)30(24(19)32)17-6-8-18(9-7-17)35-26(34)15-11-22(31)29(13-15)21-12-16(27)5-10-20(21)28/h2-3,5-10,12,14-15,19,23H,4,11,13H2,1H3/t14-,15-,19+,23+/m1/s1. The van der Waals surface area contributed by atoms with Crippen LogP contribution in [-0.4, -0.2) is 30.2 Å². The molecule has 0 radical (unpaired) electrons. The maximum Gasteiger partial charge on any atom is 0.316 e. The SMILES string of the molecule is C[C@@H]1C=CC[C@@H]2C(=O)N(c3ccc(OC(=O)[C@@H]4CC(=O)N(c5cc(Cl)ccc5Cl)C4)cc3)C(=O)[C@@H]12. The molecular formula is C26H22Cl2N2O5. The van der Waals surface area contributed by atoms with Gasteiger partial charge in [0.15, 0.2) is 0 Å². The zero-order valence-electron chi connectivity index (χ0n) is 18.8. The third-order valence-corrected chi connectivity index (χ3v) is 7.40. The van der Waals surface area contributed by atoms with Crippen molar-refractivity contribution in [2.75, 3.05) is 16.3 Å². The molecule has 0 aromatic heterocycles. The highest BCUT2D eigenvalue weighted by atomic mass is 35.5. The van der Waals surface area contributed by atoms with Gasteiger partial charge < -0.3 is 9.64 Å². The minimum Gasteiger partial charge on any atom is -0.426 e. The first-order chi connectivity index (χ1) is 16.7. The lowest BCUT2D eigenvalue weighted by molar-refractivity contribution is -0.139. The summed E-state index contributed by atoms with van der Waals surface area (Å²) in [4.78, 5) is 53.8. The Morgan fingerprint density at radius 1 is 1.03 bits per heavy atom. The zero-order valence-corrected chi connectivity index (χ0v) is 20.3. The maximum atomic E-state index is 13.0. The highest BCUT2D eigenvalue weighted by Gasteiger charge is 2.50. The summed E-state index contributed by atoms with van der Waals surface area (Å²) >= 11 is 12.2. The Balaban J connectivity index is 1.26. The van der Waals surface area contributed by atoms with Crippen molar-refractivity contribution in [3.8, 4) is 5.75 Å². The van der Waals surface area contributed by atoms with Crippen LogP contribution in [0.4, 0.5) is 11.4 Å². The molecule has 1 aliphatic carbocycles. The first-order valence-corrected chi connectivity index (χ1v) is 12.1. The van der Waals surface area contributed by atoms with Crippen LogP contribution in [0.5, 0.6) is 5.75 Å². The lowest BCUT2D eigenvalue weighted by Gasteiger charge is -2.22. The third kappa shape index (κ3) is 4.23. The van der Waals surface area contributed by atoms with Gasteiger partial charge >= 0.3 is 5.97 Å². The number of ether oxygens (including phenoxy) is 1. The highest BCUT2D eigenvalue weighted by molar-refractivity contribution is 6.36. The molecule has 0 spiro atoms. The summed E-state index contributed by atoms with van der Waals surface area (Å²) in [5.41, 5.74) is 0.896. The van der Waals surface area contributed by atoms with E-state index in [1.54, 1.807) is 42.5 Å². The molecule has 0 bridgehead atoms. The van der Waals surface area contributed by atoms with Crippen LogP contribution in [-0.2, 0) is 19.2 Å². The van der Waals surface area contributed by atoms with Gasteiger partial charge in [-0.15, -0.1) is 0 Å². The molecule has 0 N–H and O–H groups in total. The third-order valence-electron chi connectivity index (χ3n) is 6.84. The fourth-order valence-corrected chi connectivity index (χ4v) is 5.44. The zero-order chi connectivity index (χ0) is 24.9. The predicted molar refractivity (Wildman–Crippen MR) is 131 cm³/mol. The van der Waals surface area contributed by atoms with Gasteiger partial charge in [-0.2, -0.15) is 0 Å². The number of esters is 1. The van der Waals surface area contributed by atoms with Gasteiger partial charge in [0.05, 0.1) is 34.2 Å². The van der Waals surface area contributed by atoms with Crippen molar-refractivity contribution in [2.24, 2.45) is 23.7 Å². The molecule has 2 heterocycles. The Kier molecular flexibility index (Phi) is 6.15. The Hall–Kier alpha value is -3.16. The molecule has 180 valence electrons. The van der Waals surface area contributed by atoms with E-state index in [0.29, 0.717) is 27.8 Å². The molecule has 2 fully saturated rings. The second-order valence-corrected chi connectivity index (χ2v) is 9.93. The van der Waals surface area contributed by atoms with Gasteiger partial charge in [-0.3, -0.25) is 24.1 Å². The van der Waals surface area contributed by atoms with Crippen molar-refractivity contribution in [1.29, 1.82) is 0 Å².